The summed E-state index contributed by atoms with van der Waals surface area (Å²) in [5.41, 5.74) is 7.60. The summed E-state index contributed by atoms with van der Waals surface area (Å²) >= 11 is 0. The molecule has 104 valence electrons. The third kappa shape index (κ3) is 3.23. The molecule has 0 saturated heterocycles. The van der Waals surface area contributed by atoms with Crippen LogP contribution in [0.2, 0.25) is 19.6 Å². The Morgan fingerprint density at radius 3 is 2.33 bits per heavy atom. The molecular formula is C18H18N2Si. The fraction of sp³-hybridized carbons (Fsp3) is 0.167. The van der Waals surface area contributed by atoms with Crippen molar-refractivity contribution in [2.75, 3.05) is 0 Å². The van der Waals surface area contributed by atoms with E-state index in [1.165, 1.54) is 0 Å². The molecule has 0 amide bonds. The molecule has 0 saturated carbocycles. The van der Waals surface area contributed by atoms with E-state index >= 15 is 0 Å². The molecule has 0 unspecified atom stereocenters. The highest BCUT2D eigenvalue weighted by Crippen LogP contribution is 2.20. The van der Waals surface area contributed by atoms with E-state index in [-0.39, 0.29) is 0 Å². The van der Waals surface area contributed by atoms with Crippen molar-refractivity contribution < 1.29 is 0 Å². The Labute approximate surface area is 126 Å². The van der Waals surface area contributed by atoms with Crippen molar-refractivity contribution in [3.63, 3.8) is 0 Å². The van der Waals surface area contributed by atoms with Crippen molar-refractivity contribution in [1.29, 1.82) is 0 Å². The number of nitrogens with one attached hydrogen (secondary N) is 1. The van der Waals surface area contributed by atoms with Gasteiger partial charge in [0.05, 0.1) is 11.0 Å². The van der Waals surface area contributed by atoms with Crippen molar-refractivity contribution in [1.82, 2.24) is 9.97 Å². The van der Waals surface area contributed by atoms with Crippen LogP contribution in [0.15, 0.2) is 48.5 Å². The lowest BCUT2D eigenvalue weighted by molar-refractivity contribution is 1.33. The fourth-order valence-corrected chi connectivity index (χ4v) is 2.58. The molecule has 21 heavy (non-hydrogen) atoms. The molecule has 3 rings (SSSR count). The summed E-state index contributed by atoms with van der Waals surface area (Å²) in [6, 6.07) is 16.4. The van der Waals surface area contributed by atoms with Crippen molar-refractivity contribution in [2.45, 2.75) is 19.6 Å². The lowest BCUT2D eigenvalue weighted by atomic mass is 10.1. The number of para-hydroxylation sites is 2. The van der Waals surface area contributed by atoms with Gasteiger partial charge in [0.15, 0.2) is 0 Å². The number of rotatable bonds is 1. The summed E-state index contributed by atoms with van der Waals surface area (Å²) in [4.78, 5) is 7.96. The van der Waals surface area contributed by atoms with E-state index in [9.17, 15) is 0 Å². The highest BCUT2D eigenvalue weighted by Gasteiger charge is 2.08. The van der Waals surface area contributed by atoms with Gasteiger partial charge in [-0.25, -0.2) is 4.98 Å². The average Bonchev–Trinajstić information content (AvgIpc) is 2.89. The monoisotopic (exact) mass is 290 g/mol. The quantitative estimate of drug-likeness (QED) is 0.520. The molecule has 0 aliphatic carbocycles. The van der Waals surface area contributed by atoms with E-state index in [0.29, 0.717) is 0 Å². The summed E-state index contributed by atoms with van der Waals surface area (Å²) in [5.74, 6) is 4.17. The van der Waals surface area contributed by atoms with E-state index in [1.807, 2.05) is 24.3 Å². The number of fused-ring (bicyclic) bond motifs is 1. The highest BCUT2D eigenvalue weighted by molar-refractivity contribution is 6.83. The predicted molar refractivity (Wildman–Crippen MR) is 91.8 cm³/mol. The molecule has 0 atom stereocenters. The molecule has 0 radical (unpaired) electrons. The highest BCUT2D eigenvalue weighted by atomic mass is 28.3. The zero-order chi connectivity index (χ0) is 14.9. The van der Waals surface area contributed by atoms with Gasteiger partial charge in [-0.05, 0) is 24.3 Å². The van der Waals surface area contributed by atoms with Crippen molar-refractivity contribution in [3.8, 4) is 22.9 Å². The fourth-order valence-electron chi connectivity index (χ4n) is 2.06. The molecule has 0 bridgehead atoms. The van der Waals surface area contributed by atoms with Crippen LogP contribution in [0.4, 0.5) is 0 Å². The number of hydrogen-bond donors (Lipinski definition) is 1. The molecule has 2 aromatic carbocycles. The minimum atomic E-state index is -1.32. The summed E-state index contributed by atoms with van der Waals surface area (Å²) in [7, 11) is -1.32. The van der Waals surface area contributed by atoms with Crippen molar-refractivity contribution in [2.24, 2.45) is 0 Å². The number of H-pyrrole nitrogens is 1. The topological polar surface area (TPSA) is 28.7 Å². The Bertz CT molecular complexity index is 794. The Kier molecular flexibility index (Phi) is 3.40. The van der Waals surface area contributed by atoms with Crippen LogP contribution >= 0.6 is 0 Å². The van der Waals surface area contributed by atoms with Crippen molar-refractivity contribution in [3.05, 3.63) is 54.1 Å². The molecule has 3 aromatic rings. The van der Waals surface area contributed by atoms with Crippen molar-refractivity contribution >= 4 is 19.1 Å². The van der Waals surface area contributed by atoms with Gasteiger partial charge in [0.1, 0.15) is 13.9 Å². The van der Waals surface area contributed by atoms with Crippen LogP contribution in [-0.4, -0.2) is 18.0 Å². The van der Waals surface area contributed by atoms with Crippen LogP contribution in [0.25, 0.3) is 22.4 Å². The second-order valence-corrected chi connectivity index (χ2v) is 10.9. The van der Waals surface area contributed by atoms with Gasteiger partial charge in [0.2, 0.25) is 0 Å². The van der Waals surface area contributed by atoms with E-state index in [0.717, 1.165) is 28.0 Å². The SMILES string of the molecule is C[Si](C)(C)C#Cc1ccc(-c2nc3ccccc3[nH]2)cc1. The van der Waals surface area contributed by atoms with Gasteiger partial charge in [-0.15, -0.1) is 5.54 Å². The van der Waals surface area contributed by atoms with Crippen LogP contribution < -0.4 is 0 Å². The van der Waals surface area contributed by atoms with Crippen LogP contribution in [0, 0.1) is 11.5 Å². The maximum absolute atomic E-state index is 4.61. The Hall–Kier alpha value is -2.31. The number of hydrogen-bond acceptors (Lipinski definition) is 1. The molecule has 0 spiro atoms. The Morgan fingerprint density at radius 1 is 0.952 bits per heavy atom. The zero-order valence-corrected chi connectivity index (χ0v) is 13.6. The molecule has 0 aliphatic heterocycles. The molecular weight excluding hydrogens is 272 g/mol. The standard InChI is InChI=1S/C18H18N2Si/c1-21(2,3)13-12-14-8-10-15(11-9-14)18-19-16-6-4-5-7-17(16)20-18/h4-11H,1-3H3,(H,19,20). The van der Waals surface area contributed by atoms with E-state index in [1.54, 1.807) is 0 Å². The maximum atomic E-state index is 4.61. The van der Waals surface area contributed by atoms with Gasteiger partial charge in [-0.2, -0.15) is 0 Å². The second kappa shape index (κ2) is 5.23. The lowest BCUT2D eigenvalue weighted by Gasteiger charge is -2.03. The average molecular weight is 290 g/mol. The van der Waals surface area contributed by atoms with Gasteiger partial charge in [0.25, 0.3) is 0 Å². The van der Waals surface area contributed by atoms with Gasteiger partial charge in [-0.3, -0.25) is 0 Å². The first-order valence-electron chi connectivity index (χ1n) is 7.10. The second-order valence-electron chi connectivity index (χ2n) is 6.18. The first-order valence-corrected chi connectivity index (χ1v) is 10.6. The molecule has 3 heteroatoms. The minimum absolute atomic E-state index is 0.904. The van der Waals surface area contributed by atoms with Gasteiger partial charge in [-0.1, -0.05) is 49.8 Å². The van der Waals surface area contributed by atoms with Crippen LogP contribution in [0.3, 0.4) is 0 Å². The summed E-state index contributed by atoms with van der Waals surface area (Å²) in [6.07, 6.45) is 0. The minimum Gasteiger partial charge on any atom is -0.338 e. The molecule has 1 aromatic heterocycles. The number of aromatic nitrogens is 2. The van der Waals surface area contributed by atoms with Gasteiger partial charge in [0, 0.05) is 11.1 Å². The molecule has 1 N–H and O–H groups in total. The summed E-state index contributed by atoms with van der Waals surface area (Å²) in [6.45, 7) is 6.76. The first kappa shape index (κ1) is 13.7. The third-order valence-electron chi connectivity index (χ3n) is 3.13. The number of imidazole rings is 1. The Balaban J connectivity index is 1.91. The van der Waals surface area contributed by atoms with Crippen LogP contribution in [0.5, 0.6) is 0 Å². The van der Waals surface area contributed by atoms with Gasteiger partial charge >= 0.3 is 0 Å². The molecule has 2 nitrogen and oxygen atoms in total. The first-order chi connectivity index (χ1) is 10.0. The van der Waals surface area contributed by atoms with Crippen LogP contribution in [-0.2, 0) is 0 Å². The summed E-state index contributed by atoms with van der Waals surface area (Å²) in [5, 5.41) is 0. The third-order valence-corrected chi connectivity index (χ3v) is 4.00. The number of benzene rings is 2. The smallest absolute Gasteiger partial charge is 0.138 e. The van der Waals surface area contributed by atoms with E-state index in [2.05, 4.69) is 65.3 Å². The molecule has 0 aliphatic rings. The van der Waals surface area contributed by atoms with Crippen LogP contribution in [0.1, 0.15) is 5.56 Å². The summed E-state index contributed by atoms with van der Waals surface area (Å²) < 4.78 is 0. The molecule has 0 fully saturated rings. The molecule has 1 heterocycles. The Morgan fingerprint density at radius 2 is 1.67 bits per heavy atom. The maximum Gasteiger partial charge on any atom is 0.138 e. The largest absolute Gasteiger partial charge is 0.338 e. The van der Waals surface area contributed by atoms with E-state index < -0.39 is 8.07 Å². The van der Waals surface area contributed by atoms with E-state index in [4.69, 9.17) is 0 Å². The zero-order valence-electron chi connectivity index (χ0n) is 12.6. The predicted octanol–water partition coefficient (Wildman–Crippen LogP) is 4.46. The lowest BCUT2D eigenvalue weighted by Crippen LogP contribution is -2.16. The number of nitrogens with zero attached hydrogens (tertiary/aromatic N) is 1. The number of aromatic amines is 1. The normalized spacial score (nSPS) is 11.2. The van der Waals surface area contributed by atoms with Gasteiger partial charge < -0.3 is 4.98 Å².